The summed E-state index contributed by atoms with van der Waals surface area (Å²) in [6.07, 6.45) is 0. The fourth-order valence-corrected chi connectivity index (χ4v) is 2.94. The summed E-state index contributed by atoms with van der Waals surface area (Å²) in [7, 11) is 0. The summed E-state index contributed by atoms with van der Waals surface area (Å²) in [6.45, 7) is 3.61. The van der Waals surface area contributed by atoms with Crippen molar-refractivity contribution >= 4 is 33.0 Å². The molecule has 1 aromatic heterocycles. The predicted molar refractivity (Wildman–Crippen MR) is 71.3 cm³/mol. The summed E-state index contributed by atoms with van der Waals surface area (Å²) >= 11 is 4.78. The summed E-state index contributed by atoms with van der Waals surface area (Å²) in [4.78, 5) is 13.8. The van der Waals surface area contributed by atoms with Gasteiger partial charge in [-0.25, -0.2) is 4.39 Å². The van der Waals surface area contributed by atoms with Crippen LogP contribution >= 0.6 is 27.3 Å². The van der Waals surface area contributed by atoms with Gasteiger partial charge in [-0.2, -0.15) is 0 Å². The second-order valence-electron chi connectivity index (χ2n) is 3.81. The summed E-state index contributed by atoms with van der Waals surface area (Å²) in [5, 5.41) is 0. The monoisotopic (exact) mass is 312 g/mol. The molecule has 4 heteroatoms. The van der Waals surface area contributed by atoms with Gasteiger partial charge in [0.25, 0.3) is 0 Å². The molecule has 17 heavy (non-hydrogen) atoms. The number of ketones is 1. The third kappa shape index (κ3) is 2.48. The molecule has 0 N–H and O–H groups in total. The normalized spacial score (nSPS) is 10.6. The third-order valence-corrected chi connectivity index (χ3v) is 4.65. The van der Waals surface area contributed by atoms with Crippen LogP contribution in [0.3, 0.4) is 0 Å². The van der Waals surface area contributed by atoms with E-state index in [-0.39, 0.29) is 11.6 Å². The number of benzene rings is 1. The lowest BCUT2D eigenvalue weighted by Gasteiger charge is -2.00. The average molecular weight is 313 g/mol. The van der Waals surface area contributed by atoms with Gasteiger partial charge in [0.1, 0.15) is 5.82 Å². The number of aryl methyl sites for hydroxylation is 2. The highest BCUT2D eigenvalue weighted by Gasteiger charge is 2.14. The fraction of sp³-hybridized carbons (Fsp3) is 0.154. The molecule has 0 aliphatic carbocycles. The number of carbonyl (C=O) groups excluding carboxylic acids is 1. The van der Waals surface area contributed by atoms with Crippen LogP contribution in [0.4, 0.5) is 4.39 Å². The zero-order chi connectivity index (χ0) is 12.6. The van der Waals surface area contributed by atoms with E-state index in [1.807, 2.05) is 6.92 Å². The van der Waals surface area contributed by atoms with E-state index in [1.165, 1.54) is 17.4 Å². The van der Waals surface area contributed by atoms with Crippen LogP contribution < -0.4 is 0 Å². The summed E-state index contributed by atoms with van der Waals surface area (Å²) in [5.41, 5.74) is 0.937. The topological polar surface area (TPSA) is 17.1 Å². The van der Waals surface area contributed by atoms with Crippen LogP contribution in [0.5, 0.6) is 0 Å². The Kier molecular flexibility index (Phi) is 3.45. The number of rotatable bonds is 2. The van der Waals surface area contributed by atoms with E-state index in [2.05, 4.69) is 15.9 Å². The number of carbonyl (C=O) groups is 1. The van der Waals surface area contributed by atoms with Crippen LogP contribution in [0.25, 0.3) is 0 Å². The third-order valence-electron chi connectivity index (χ3n) is 2.52. The van der Waals surface area contributed by atoms with Crippen LogP contribution in [0, 0.1) is 19.7 Å². The first kappa shape index (κ1) is 12.5. The molecule has 1 nitrogen and oxygen atoms in total. The number of thiophene rings is 1. The molecule has 0 aliphatic heterocycles. The van der Waals surface area contributed by atoms with Crippen LogP contribution in [0.1, 0.15) is 25.7 Å². The maximum atomic E-state index is 13.4. The molecule has 0 spiro atoms. The zero-order valence-corrected chi connectivity index (χ0v) is 11.8. The van der Waals surface area contributed by atoms with Gasteiger partial charge in [-0.3, -0.25) is 4.79 Å². The highest BCUT2D eigenvalue weighted by molar-refractivity contribution is 9.10. The first-order chi connectivity index (χ1) is 7.99. The molecule has 0 unspecified atom stereocenters. The minimum Gasteiger partial charge on any atom is -0.288 e. The molecule has 2 aromatic rings. The van der Waals surface area contributed by atoms with Gasteiger partial charge in [0.15, 0.2) is 0 Å². The largest absolute Gasteiger partial charge is 0.288 e. The van der Waals surface area contributed by atoms with Crippen molar-refractivity contribution in [3.8, 4) is 0 Å². The Morgan fingerprint density at radius 2 is 2.00 bits per heavy atom. The molecule has 1 heterocycles. The van der Waals surface area contributed by atoms with Crippen molar-refractivity contribution in [3.05, 3.63) is 55.4 Å². The molecule has 0 aliphatic rings. The number of hydrogen-bond acceptors (Lipinski definition) is 2. The SMILES string of the molecule is Cc1ccc(C(=O)c2cc(Br)c(C)s2)cc1F. The van der Waals surface area contributed by atoms with Gasteiger partial charge in [0.2, 0.25) is 5.78 Å². The Balaban J connectivity index is 2.40. The Labute approximate surface area is 111 Å². The van der Waals surface area contributed by atoms with E-state index < -0.39 is 0 Å². The van der Waals surface area contributed by atoms with Crippen molar-refractivity contribution in [2.45, 2.75) is 13.8 Å². The quantitative estimate of drug-likeness (QED) is 0.746. The molecule has 0 atom stereocenters. The van der Waals surface area contributed by atoms with Gasteiger partial charge >= 0.3 is 0 Å². The van der Waals surface area contributed by atoms with Gasteiger partial charge in [-0.1, -0.05) is 12.1 Å². The lowest BCUT2D eigenvalue weighted by Crippen LogP contribution is -1.99. The molecular weight excluding hydrogens is 303 g/mol. The Bertz CT molecular complexity index is 570. The van der Waals surface area contributed by atoms with Crippen LogP contribution in [0.2, 0.25) is 0 Å². The van der Waals surface area contributed by atoms with Crippen molar-refractivity contribution in [1.29, 1.82) is 0 Å². The van der Waals surface area contributed by atoms with E-state index in [0.29, 0.717) is 16.0 Å². The molecule has 0 bridgehead atoms. The first-order valence-electron chi connectivity index (χ1n) is 5.06. The van der Waals surface area contributed by atoms with Crippen molar-refractivity contribution < 1.29 is 9.18 Å². The van der Waals surface area contributed by atoms with Crippen LogP contribution in [-0.2, 0) is 0 Å². The van der Waals surface area contributed by atoms with E-state index >= 15 is 0 Å². The lowest BCUT2D eigenvalue weighted by atomic mass is 10.1. The molecule has 0 amide bonds. The van der Waals surface area contributed by atoms with Crippen molar-refractivity contribution in [2.75, 3.05) is 0 Å². The second kappa shape index (κ2) is 4.70. The van der Waals surface area contributed by atoms with E-state index in [0.717, 1.165) is 9.35 Å². The summed E-state index contributed by atoms with van der Waals surface area (Å²) in [5.74, 6) is -0.481. The Morgan fingerprint density at radius 1 is 1.29 bits per heavy atom. The standard InChI is InChI=1S/C13H10BrFOS/c1-7-3-4-9(5-11(7)15)13(16)12-6-10(14)8(2)17-12/h3-6H,1-2H3. The number of hydrogen-bond donors (Lipinski definition) is 0. The Morgan fingerprint density at radius 3 is 2.53 bits per heavy atom. The highest BCUT2D eigenvalue weighted by atomic mass is 79.9. The minimum atomic E-state index is -0.344. The maximum absolute atomic E-state index is 13.4. The second-order valence-corrected chi connectivity index (χ2v) is 5.92. The predicted octanol–water partition coefficient (Wildman–Crippen LogP) is 4.50. The maximum Gasteiger partial charge on any atom is 0.203 e. The van der Waals surface area contributed by atoms with Crippen molar-refractivity contribution in [1.82, 2.24) is 0 Å². The van der Waals surface area contributed by atoms with Crippen LogP contribution in [-0.4, -0.2) is 5.78 Å². The number of halogens is 2. The summed E-state index contributed by atoms with van der Waals surface area (Å²) in [6, 6.07) is 6.35. The van der Waals surface area contributed by atoms with E-state index in [9.17, 15) is 9.18 Å². The lowest BCUT2D eigenvalue weighted by molar-refractivity contribution is 0.104. The molecular formula is C13H10BrFOS. The highest BCUT2D eigenvalue weighted by Crippen LogP contribution is 2.28. The molecule has 0 fully saturated rings. The first-order valence-corrected chi connectivity index (χ1v) is 6.67. The molecule has 0 saturated carbocycles. The van der Waals surface area contributed by atoms with Gasteiger partial charge in [-0.15, -0.1) is 11.3 Å². The summed E-state index contributed by atoms with van der Waals surface area (Å²) < 4.78 is 14.3. The smallest absolute Gasteiger partial charge is 0.203 e. The molecule has 88 valence electrons. The van der Waals surface area contributed by atoms with Gasteiger partial charge in [-0.05, 0) is 47.5 Å². The molecule has 2 rings (SSSR count). The van der Waals surface area contributed by atoms with Crippen molar-refractivity contribution in [2.24, 2.45) is 0 Å². The Hall–Kier alpha value is -1.00. The molecule has 1 aromatic carbocycles. The van der Waals surface area contributed by atoms with Crippen molar-refractivity contribution in [3.63, 3.8) is 0 Å². The minimum absolute atomic E-state index is 0.136. The fourth-order valence-electron chi connectivity index (χ4n) is 1.45. The van der Waals surface area contributed by atoms with Gasteiger partial charge in [0.05, 0.1) is 4.88 Å². The average Bonchev–Trinajstić information content (AvgIpc) is 2.62. The van der Waals surface area contributed by atoms with Gasteiger partial charge < -0.3 is 0 Å². The van der Waals surface area contributed by atoms with E-state index in [4.69, 9.17) is 0 Å². The van der Waals surface area contributed by atoms with Crippen LogP contribution in [0.15, 0.2) is 28.7 Å². The molecule has 0 saturated heterocycles. The molecule has 0 radical (unpaired) electrons. The van der Waals surface area contributed by atoms with Gasteiger partial charge in [0, 0.05) is 14.9 Å². The zero-order valence-electron chi connectivity index (χ0n) is 9.38. The van der Waals surface area contributed by atoms with E-state index in [1.54, 1.807) is 25.1 Å².